The normalized spacial score (nSPS) is 11.2. The van der Waals surface area contributed by atoms with E-state index in [9.17, 15) is 4.79 Å². The Labute approximate surface area is 161 Å². The lowest BCUT2D eigenvalue weighted by molar-refractivity contribution is -0.137. The van der Waals surface area contributed by atoms with Gasteiger partial charge in [0, 0.05) is 35.3 Å². The van der Waals surface area contributed by atoms with Crippen LogP contribution in [0.25, 0.3) is 17.0 Å². The molecule has 0 aliphatic carbocycles. The zero-order valence-corrected chi connectivity index (χ0v) is 15.8. The second kappa shape index (κ2) is 7.85. The van der Waals surface area contributed by atoms with Gasteiger partial charge in [0.15, 0.2) is 0 Å². The van der Waals surface area contributed by atoms with Gasteiger partial charge < -0.3 is 14.0 Å². The van der Waals surface area contributed by atoms with Crippen LogP contribution in [0.1, 0.15) is 12.5 Å². The van der Waals surface area contributed by atoms with Crippen molar-refractivity contribution in [3.05, 3.63) is 64.3 Å². The molecule has 1 heterocycles. The van der Waals surface area contributed by atoms with Crippen molar-refractivity contribution in [1.29, 1.82) is 0 Å². The number of carbonyl (C=O) groups is 1. The number of fused-ring (bicyclic) bond motifs is 1. The molecule has 6 heteroatoms. The molecule has 3 aromatic rings. The van der Waals surface area contributed by atoms with Crippen molar-refractivity contribution >= 4 is 46.2 Å². The first kappa shape index (κ1) is 18.4. The van der Waals surface area contributed by atoms with Crippen LogP contribution in [0.15, 0.2) is 48.7 Å². The van der Waals surface area contributed by atoms with Crippen LogP contribution in [0.5, 0.6) is 11.5 Å². The first-order valence-electron chi connectivity index (χ1n) is 8.05. The van der Waals surface area contributed by atoms with Gasteiger partial charge in [0.05, 0.1) is 17.1 Å². The largest absolute Gasteiger partial charge is 0.463 e. The molecule has 4 nitrogen and oxygen atoms in total. The van der Waals surface area contributed by atoms with E-state index in [1.807, 2.05) is 36.0 Å². The van der Waals surface area contributed by atoms with Gasteiger partial charge in [-0.15, -0.1) is 0 Å². The van der Waals surface area contributed by atoms with Crippen LogP contribution in [0.3, 0.4) is 0 Å². The van der Waals surface area contributed by atoms with Crippen LogP contribution < -0.4 is 4.74 Å². The monoisotopic (exact) mass is 389 g/mol. The minimum atomic E-state index is -0.386. The molecule has 1 aromatic heterocycles. The summed E-state index contributed by atoms with van der Waals surface area (Å²) in [5, 5.41) is 1.84. The van der Waals surface area contributed by atoms with Crippen molar-refractivity contribution in [2.75, 3.05) is 6.61 Å². The highest BCUT2D eigenvalue weighted by molar-refractivity contribution is 6.35. The molecule has 0 bridgehead atoms. The predicted octanol–water partition coefficient (Wildman–Crippen LogP) is 5.85. The Morgan fingerprint density at radius 3 is 2.73 bits per heavy atom. The number of nitrogens with zero attached hydrogens (tertiary/aromatic N) is 1. The quantitative estimate of drug-likeness (QED) is 0.405. The summed E-state index contributed by atoms with van der Waals surface area (Å²) in [6.45, 7) is 2.10. The Kier molecular flexibility index (Phi) is 5.55. The molecule has 0 radical (unpaired) electrons. The molecule has 0 N–H and O–H groups in total. The maximum atomic E-state index is 11.6. The smallest absolute Gasteiger partial charge is 0.330 e. The van der Waals surface area contributed by atoms with Gasteiger partial charge in [-0.3, -0.25) is 0 Å². The minimum absolute atomic E-state index is 0.335. The number of hydrogen-bond acceptors (Lipinski definition) is 3. The van der Waals surface area contributed by atoms with Gasteiger partial charge in [-0.25, -0.2) is 4.79 Å². The molecule has 0 aliphatic heterocycles. The predicted molar refractivity (Wildman–Crippen MR) is 105 cm³/mol. The second-order valence-electron chi connectivity index (χ2n) is 5.61. The zero-order valence-electron chi connectivity index (χ0n) is 14.3. The molecule has 0 aliphatic rings. The lowest BCUT2D eigenvalue weighted by Gasteiger charge is -2.10. The molecule has 0 fully saturated rings. The second-order valence-corrected chi connectivity index (χ2v) is 6.45. The van der Waals surface area contributed by atoms with E-state index < -0.39 is 0 Å². The van der Waals surface area contributed by atoms with E-state index in [1.54, 1.807) is 31.2 Å². The number of esters is 1. The molecule has 2 aromatic carbocycles. The first-order valence-corrected chi connectivity index (χ1v) is 8.81. The number of rotatable bonds is 5. The van der Waals surface area contributed by atoms with E-state index >= 15 is 0 Å². The SMILES string of the molecule is CCOC(=O)C=Cc1cn(C)c2cccc(Oc3ccc(Cl)cc3Cl)c12. The number of halogens is 2. The Balaban J connectivity index is 2.04. The lowest BCUT2D eigenvalue weighted by atomic mass is 10.1. The van der Waals surface area contributed by atoms with E-state index in [4.69, 9.17) is 32.7 Å². The Hall–Kier alpha value is -2.43. The fourth-order valence-electron chi connectivity index (χ4n) is 2.68. The van der Waals surface area contributed by atoms with Crippen molar-refractivity contribution in [3.8, 4) is 11.5 Å². The molecule has 0 atom stereocenters. The van der Waals surface area contributed by atoms with Crippen LogP contribution in [-0.2, 0) is 16.6 Å². The molecule has 0 amide bonds. The lowest BCUT2D eigenvalue weighted by Crippen LogP contribution is -1.98. The topological polar surface area (TPSA) is 40.5 Å². The Morgan fingerprint density at radius 2 is 2.00 bits per heavy atom. The summed E-state index contributed by atoms with van der Waals surface area (Å²) < 4.78 is 12.9. The van der Waals surface area contributed by atoms with Gasteiger partial charge in [0.2, 0.25) is 0 Å². The van der Waals surface area contributed by atoms with E-state index in [2.05, 4.69) is 0 Å². The summed E-state index contributed by atoms with van der Waals surface area (Å²) >= 11 is 12.2. The molecule has 0 unspecified atom stereocenters. The summed E-state index contributed by atoms with van der Waals surface area (Å²) in [5.74, 6) is 0.757. The van der Waals surface area contributed by atoms with E-state index in [0.29, 0.717) is 28.2 Å². The van der Waals surface area contributed by atoms with Crippen molar-refractivity contribution in [2.24, 2.45) is 7.05 Å². The fraction of sp³-hybridized carbons (Fsp3) is 0.150. The van der Waals surface area contributed by atoms with Gasteiger partial charge in [-0.1, -0.05) is 29.3 Å². The number of carbonyl (C=O) groups excluding carboxylic acids is 1. The number of aromatic nitrogens is 1. The highest BCUT2D eigenvalue weighted by Crippen LogP contribution is 2.37. The van der Waals surface area contributed by atoms with Crippen LogP contribution >= 0.6 is 23.2 Å². The van der Waals surface area contributed by atoms with Crippen molar-refractivity contribution in [2.45, 2.75) is 6.92 Å². The first-order chi connectivity index (χ1) is 12.5. The van der Waals surface area contributed by atoms with Crippen molar-refractivity contribution in [3.63, 3.8) is 0 Å². The zero-order chi connectivity index (χ0) is 18.7. The number of hydrogen-bond donors (Lipinski definition) is 0. The third kappa shape index (κ3) is 3.87. The molecule has 0 saturated heterocycles. The maximum Gasteiger partial charge on any atom is 0.330 e. The van der Waals surface area contributed by atoms with E-state index in [-0.39, 0.29) is 5.97 Å². The average Bonchev–Trinajstić information content (AvgIpc) is 2.93. The van der Waals surface area contributed by atoms with Crippen LogP contribution in [0.2, 0.25) is 10.0 Å². The molecular weight excluding hydrogens is 373 g/mol. The fourth-order valence-corrected chi connectivity index (χ4v) is 3.13. The van der Waals surface area contributed by atoms with Gasteiger partial charge >= 0.3 is 5.97 Å². The maximum absolute atomic E-state index is 11.6. The van der Waals surface area contributed by atoms with E-state index in [0.717, 1.165) is 16.5 Å². The van der Waals surface area contributed by atoms with Gasteiger partial charge in [-0.05, 0) is 43.3 Å². The molecule has 3 rings (SSSR count). The number of aryl methyl sites for hydroxylation is 1. The molecule has 134 valence electrons. The van der Waals surface area contributed by atoms with Gasteiger partial charge in [-0.2, -0.15) is 0 Å². The average molecular weight is 390 g/mol. The summed E-state index contributed by atoms with van der Waals surface area (Å²) in [7, 11) is 1.93. The van der Waals surface area contributed by atoms with Crippen LogP contribution in [0, 0.1) is 0 Å². The van der Waals surface area contributed by atoms with Gasteiger partial charge in [0.25, 0.3) is 0 Å². The third-order valence-corrected chi connectivity index (χ3v) is 4.34. The standard InChI is InChI=1S/C20H17Cl2NO3/c1-3-25-19(24)10-7-13-12-23(2)16-5-4-6-18(20(13)16)26-17-9-8-14(21)11-15(17)22/h4-12H,3H2,1-2H3. The van der Waals surface area contributed by atoms with Crippen molar-refractivity contribution < 1.29 is 14.3 Å². The van der Waals surface area contributed by atoms with Crippen molar-refractivity contribution in [1.82, 2.24) is 4.57 Å². The molecule has 26 heavy (non-hydrogen) atoms. The minimum Gasteiger partial charge on any atom is -0.463 e. The Bertz CT molecular complexity index is 992. The van der Waals surface area contributed by atoms with Gasteiger partial charge in [0.1, 0.15) is 11.5 Å². The number of benzene rings is 2. The summed E-state index contributed by atoms with van der Waals surface area (Å²) in [6, 6.07) is 10.8. The van der Waals surface area contributed by atoms with Crippen LogP contribution in [0.4, 0.5) is 0 Å². The molecule has 0 spiro atoms. The third-order valence-electron chi connectivity index (χ3n) is 3.81. The van der Waals surface area contributed by atoms with Crippen LogP contribution in [-0.4, -0.2) is 17.1 Å². The highest BCUT2D eigenvalue weighted by Gasteiger charge is 2.13. The summed E-state index contributed by atoms with van der Waals surface area (Å²) in [5.41, 5.74) is 1.81. The number of ether oxygens (including phenoxy) is 2. The summed E-state index contributed by atoms with van der Waals surface area (Å²) in [4.78, 5) is 11.6. The summed E-state index contributed by atoms with van der Waals surface area (Å²) in [6.07, 6.45) is 5.05. The highest BCUT2D eigenvalue weighted by atomic mass is 35.5. The molecule has 0 saturated carbocycles. The van der Waals surface area contributed by atoms with E-state index in [1.165, 1.54) is 6.08 Å². The molecular formula is C20H17Cl2NO3. The Morgan fingerprint density at radius 1 is 1.19 bits per heavy atom.